The zero-order valence-corrected chi connectivity index (χ0v) is 15.2. The maximum absolute atomic E-state index is 5.36. The molecular weight excluding hydrogens is 326 g/mol. The van der Waals surface area contributed by atoms with E-state index < -0.39 is 0 Å². The number of anilines is 1. The standard InChI is InChI=1S/C20H23N5O/c1-15(16-4-3-5-17(14-16)26-2)24-10-12-25(13-11-24)19-7-6-18-20(23-19)22-9-8-21-18/h3-9,14-15H,10-13H2,1-2H3. The number of benzene rings is 1. The Labute approximate surface area is 153 Å². The molecule has 1 fully saturated rings. The van der Waals surface area contributed by atoms with E-state index >= 15 is 0 Å². The van der Waals surface area contributed by atoms with Gasteiger partial charge >= 0.3 is 0 Å². The number of rotatable bonds is 4. The van der Waals surface area contributed by atoms with Gasteiger partial charge in [0.25, 0.3) is 0 Å². The van der Waals surface area contributed by atoms with Crippen molar-refractivity contribution >= 4 is 17.0 Å². The fourth-order valence-corrected chi connectivity index (χ4v) is 3.47. The maximum atomic E-state index is 5.36. The average Bonchev–Trinajstić information content (AvgIpc) is 2.73. The fraction of sp³-hybridized carbons (Fsp3) is 0.350. The number of hydrogen-bond donors (Lipinski definition) is 0. The van der Waals surface area contributed by atoms with E-state index in [9.17, 15) is 0 Å². The van der Waals surface area contributed by atoms with Crippen LogP contribution in [0.4, 0.5) is 5.82 Å². The lowest BCUT2D eigenvalue weighted by molar-refractivity contribution is 0.198. The first-order chi connectivity index (χ1) is 12.7. The monoisotopic (exact) mass is 349 g/mol. The molecule has 1 aliphatic heterocycles. The molecule has 134 valence electrons. The van der Waals surface area contributed by atoms with Crippen LogP contribution in [0.2, 0.25) is 0 Å². The Morgan fingerprint density at radius 2 is 1.81 bits per heavy atom. The average molecular weight is 349 g/mol. The van der Waals surface area contributed by atoms with Crippen LogP contribution in [0, 0.1) is 0 Å². The van der Waals surface area contributed by atoms with Crippen molar-refractivity contribution in [3.05, 3.63) is 54.4 Å². The summed E-state index contributed by atoms with van der Waals surface area (Å²) < 4.78 is 5.36. The highest BCUT2D eigenvalue weighted by molar-refractivity contribution is 5.71. The zero-order chi connectivity index (χ0) is 17.9. The van der Waals surface area contributed by atoms with Crippen LogP contribution in [0.1, 0.15) is 18.5 Å². The van der Waals surface area contributed by atoms with Crippen molar-refractivity contribution in [3.63, 3.8) is 0 Å². The normalized spacial score (nSPS) is 16.6. The Hall–Kier alpha value is -2.73. The topological polar surface area (TPSA) is 54.4 Å². The minimum Gasteiger partial charge on any atom is -0.497 e. The van der Waals surface area contributed by atoms with Gasteiger partial charge < -0.3 is 9.64 Å². The maximum Gasteiger partial charge on any atom is 0.180 e. The summed E-state index contributed by atoms with van der Waals surface area (Å²) in [5.41, 5.74) is 2.83. The van der Waals surface area contributed by atoms with Crippen LogP contribution in [0.25, 0.3) is 11.2 Å². The molecule has 1 unspecified atom stereocenters. The van der Waals surface area contributed by atoms with Crippen LogP contribution in [-0.4, -0.2) is 53.1 Å². The Balaban J connectivity index is 1.44. The molecule has 6 heteroatoms. The van der Waals surface area contributed by atoms with Gasteiger partial charge in [-0.2, -0.15) is 0 Å². The van der Waals surface area contributed by atoms with Crippen molar-refractivity contribution < 1.29 is 4.74 Å². The lowest BCUT2D eigenvalue weighted by atomic mass is 10.1. The van der Waals surface area contributed by atoms with E-state index in [0.29, 0.717) is 11.7 Å². The van der Waals surface area contributed by atoms with E-state index in [0.717, 1.165) is 43.3 Å². The highest BCUT2D eigenvalue weighted by atomic mass is 16.5. The number of hydrogen-bond acceptors (Lipinski definition) is 6. The van der Waals surface area contributed by atoms with Crippen molar-refractivity contribution in [2.75, 3.05) is 38.2 Å². The van der Waals surface area contributed by atoms with Crippen molar-refractivity contribution in [3.8, 4) is 5.75 Å². The molecule has 0 saturated carbocycles. The van der Waals surface area contributed by atoms with Gasteiger partial charge in [0.2, 0.25) is 0 Å². The van der Waals surface area contributed by atoms with Crippen LogP contribution in [-0.2, 0) is 0 Å². The molecule has 6 nitrogen and oxygen atoms in total. The summed E-state index contributed by atoms with van der Waals surface area (Å²) in [5, 5.41) is 0. The van der Waals surface area contributed by atoms with E-state index in [-0.39, 0.29) is 0 Å². The number of ether oxygens (including phenoxy) is 1. The van der Waals surface area contributed by atoms with Gasteiger partial charge in [-0.15, -0.1) is 0 Å². The van der Waals surface area contributed by atoms with Crippen molar-refractivity contribution in [2.45, 2.75) is 13.0 Å². The molecule has 0 bridgehead atoms. The lowest BCUT2D eigenvalue weighted by Gasteiger charge is -2.38. The highest BCUT2D eigenvalue weighted by Gasteiger charge is 2.23. The van der Waals surface area contributed by atoms with E-state index in [4.69, 9.17) is 4.74 Å². The Morgan fingerprint density at radius 3 is 2.62 bits per heavy atom. The Bertz CT molecular complexity index is 892. The summed E-state index contributed by atoms with van der Waals surface area (Å²) in [6.07, 6.45) is 3.38. The van der Waals surface area contributed by atoms with E-state index in [1.54, 1.807) is 19.5 Å². The fourth-order valence-electron chi connectivity index (χ4n) is 3.47. The van der Waals surface area contributed by atoms with Gasteiger partial charge in [0.1, 0.15) is 17.1 Å². The van der Waals surface area contributed by atoms with E-state index in [1.807, 2.05) is 18.2 Å². The summed E-state index contributed by atoms with van der Waals surface area (Å²) in [6.45, 7) is 6.16. The molecule has 3 aromatic rings. The molecule has 1 atom stereocenters. The number of aromatic nitrogens is 3. The molecule has 1 saturated heterocycles. The smallest absolute Gasteiger partial charge is 0.180 e. The van der Waals surface area contributed by atoms with Gasteiger partial charge in [0, 0.05) is 44.6 Å². The third kappa shape index (κ3) is 3.32. The van der Waals surface area contributed by atoms with Crippen LogP contribution in [0.15, 0.2) is 48.8 Å². The van der Waals surface area contributed by atoms with Gasteiger partial charge in [-0.25, -0.2) is 9.97 Å². The molecule has 2 aromatic heterocycles. The summed E-state index contributed by atoms with van der Waals surface area (Å²) in [7, 11) is 1.71. The molecule has 4 rings (SSSR count). The number of pyridine rings is 1. The predicted octanol–water partition coefficient (Wildman–Crippen LogP) is 2.92. The molecular formula is C20H23N5O. The lowest BCUT2D eigenvalue weighted by Crippen LogP contribution is -2.47. The Morgan fingerprint density at radius 1 is 1.00 bits per heavy atom. The van der Waals surface area contributed by atoms with E-state index in [1.165, 1.54) is 5.56 Å². The SMILES string of the molecule is COc1cccc(C(C)N2CCN(c3ccc4nccnc4n3)CC2)c1. The molecule has 0 N–H and O–H groups in total. The van der Waals surface area contributed by atoms with Crippen molar-refractivity contribution in [1.82, 2.24) is 19.9 Å². The van der Waals surface area contributed by atoms with Gasteiger partial charge in [-0.3, -0.25) is 9.88 Å². The molecule has 0 spiro atoms. The third-order valence-corrected chi connectivity index (χ3v) is 5.08. The van der Waals surface area contributed by atoms with Crippen LogP contribution in [0.5, 0.6) is 5.75 Å². The second kappa shape index (κ2) is 7.25. The molecule has 3 heterocycles. The quantitative estimate of drug-likeness (QED) is 0.722. The third-order valence-electron chi connectivity index (χ3n) is 5.08. The number of piperazine rings is 1. The minimum absolute atomic E-state index is 0.364. The number of methoxy groups -OCH3 is 1. The summed E-state index contributed by atoms with van der Waals surface area (Å²) in [6, 6.07) is 12.7. The molecule has 1 aliphatic rings. The Kier molecular flexibility index (Phi) is 4.67. The first kappa shape index (κ1) is 16.7. The van der Waals surface area contributed by atoms with E-state index in [2.05, 4.69) is 49.9 Å². The van der Waals surface area contributed by atoms with Crippen molar-refractivity contribution in [1.29, 1.82) is 0 Å². The van der Waals surface area contributed by atoms with Gasteiger partial charge in [0.15, 0.2) is 5.65 Å². The van der Waals surface area contributed by atoms with Crippen LogP contribution >= 0.6 is 0 Å². The predicted molar refractivity (Wildman–Crippen MR) is 103 cm³/mol. The van der Waals surface area contributed by atoms with Gasteiger partial charge in [-0.05, 0) is 36.8 Å². The first-order valence-electron chi connectivity index (χ1n) is 8.95. The minimum atomic E-state index is 0.364. The first-order valence-corrected chi connectivity index (χ1v) is 8.95. The summed E-state index contributed by atoms with van der Waals surface area (Å²) in [4.78, 5) is 18.1. The summed E-state index contributed by atoms with van der Waals surface area (Å²) in [5.74, 6) is 1.89. The largest absolute Gasteiger partial charge is 0.497 e. The molecule has 0 radical (unpaired) electrons. The van der Waals surface area contributed by atoms with Crippen LogP contribution < -0.4 is 9.64 Å². The highest BCUT2D eigenvalue weighted by Crippen LogP contribution is 2.26. The van der Waals surface area contributed by atoms with Gasteiger partial charge in [-0.1, -0.05) is 12.1 Å². The van der Waals surface area contributed by atoms with Gasteiger partial charge in [0.05, 0.1) is 7.11 Å². The zero-order valence-electron chi connectivity index (χ0n) is 15.2. The number of nitrogens with zero attached hydrogens (tertiary/aromatic N) is 5. The summed E-state index contributed by atoms with van der Waals surface area (Å²) >= 11 is 0. The van der Waals surface area contributed by atoms with Crippen molar-refractivity contribution in [2.24, 2.45) is 0 Å². The molecule has 0 amide bonds. The molecule has 26 heavy (non-hydrogen) atoms. The molecule has 0 aliphatic carbocycles. The van der Waals surface area contributed by atoms with Crippen LogP contribution in [0.3, 0.4) is 0 Å². The molecule has 1 aromatic carbocycles. The second-order valence-electron chi connectivity index (χ2n) is 6.54. The second-order valence-corrected chi connectivity index (χ2v) is 6.54. The number of fused-ring (bicyclic) bond motifs is 1.